The quantitative estimate of drug-likeness (QED) is 0.688. The Bertz CT molecular complexity index is 715. The first-order valence-electron chi connectivity index (χ1n) is 5.73. The normalized spacial score (nSPS) is 10.4. The molecule has 110 valence electrons. The smallest absolute Gasteiger partial charge is 0.305 e. The van der Waals surface area contributed by atoms with Gasteiger partial charge in [-0.2, -0.15) is 4.39 Å². The fraction of sp³-hybridized carbons (Fsp3) is 0.167. The van der Waals surface area contributed by atoms with Gasteiger partial charge in [0.2, 0.25) is 5.82 Å². The van der Waals surface area contributed by atoms with Crippen molar-refractivity contribution in [2.24, 2.45) is 0 Å². The number of carbonyl (C=O) groups excluding carboxylic acids is 1. The molecule has 0 aliphatic rings. The lowest BCUT2D eigenvalue weighted by Crippen LogP contribution is -2.25. The molecule has 0 radical (unpaired) electrons. The third-order valence-corrected chi connectivity index (χ3v) is 2.60. The van der Waals surface area contributed by atoms with Gasteiger partial charge in [-0.1, -0.05) is 5.16 Å². The molecule has 0 spiro atoms. The Hall–Kier alpha value is -2.84. The van der Waals surface area contributed by atoms with Crippen molar-refractivity contribution in [3.63, 3.8) is 0 Å². The van der Waals surface area contributed by atoms with Gasteiger partial charge in [-0.15, -0.1) is 0 Å². The number of nitrogens with one attached hydrogen (secondary N) is 1. The molecule has 0 saturated carbocycles. The van der Waals surface area contributed by atoms with E-state index in [1.54, 1.807) is 6.92 Å². The van der Waals surface area contributed by atoms with Gasteiger partial charge >= 0.3 is 5.69 Å². The molecule has 9 heteroatoms. The van der Waals surface area contributed by atoms with Crippen molar-refractivity contribution in [3.8, 4) is 0 Å². The number of hydrogen-bond acceptors (Lipinski definition) is 5. The van der Waals surface area contributed by atoms with Gasteiger partial charge in [0.05, 0.1) is 11.5 Å². The average molecular weight is 297 g/mol. The van der Waals surface area contributed by atoms with E-state index in [-0.39, 0.29) is 6.54 Å². The molecule has 21 heavy (non-hydrogen) atoms. The number of amides is 1. The summed E-state index contributed by atoms with van der Waals surface area (Å²) in [7, 11) is 0. The summed E-state index contributed by atoms with van der Waals surface area (Å²) in [5.74, 6) is -3.32. The summed E-state index contributed by atoms with van der Waals surface area (Å²) < 4.78 is 32.1. The van der Waals surface area contributed by atoms with Gasteiger partial charge in [0.15, 0.2) is 0 Å². The summed E-state index contributed by atoms with van der Waals surface area (Å²) in [5, 5.41) is 16.4. The molecule has 0 bridgehead atoms. The predicted molar refractivity (Wildman–Crippen MR) is 65.4 cm³/mol. The van der Waals surface area contributed by atoms with E-state index in [1.165, 1.54) is 6.07 Å². The Morgan fingerprint density at radius 2 is 2.19 bits per heavy atom. The minimum Gasteiger partial charge on any atom is -0.361 e. The summed E-state index contributed by atoms with van der Waals surface area (Å²) in [5.41, 5.74) is -1.63. The second-order valence-electron chi connectivity index (χ2n) is 4.12. The zero-order valence-corrected chi connectivity index (χ0v) is 10.7. The predicted octanol–water partition coefficient (Wildman–Crippen LogP) is 2.10. The summed E-state index contributed by atoms with van der Waals surface area (Å²) in [6.45, 7) is 1.51. The summed E-state index contributed by atoms with van der Waals surface area (Å²) in [6.07, 6.45) is 0. The van der Waals surface area contributed by atoms with E-state index < -0.39 is 33.7 Å². The van der Waals surface area contributed by atoms with Crippen LogP contribution >= 0.6 is 0 Å². The third kappa shape index (κ3) is 3.02. The van der Waals surface area contributed by atoms with Crippen molar-refractivity contribution in [1.82, 2.24) is 10.5 Å². The molecule has 1 aromatic carbocycles. The molecule has 0 atom stereocenters. The van der Waals surface area contributed by atoms with Crippen molar-refractivity contribution in [1.29, 1.82) is 0 Å². The summed E-state index contributed by atoms with van der Waals surface area (Å²) in [6, 6.07) is 2.85. The van der Waals surface area contributed by atoms with Crippen LogP contribution in [0.4, 0.5) is 14.5 Å². The second-order valence-corrected chi connectivity index (χ2v) is 4.12. The molecule has 7 nitrogen and oxygen atoms in total. The van der Waals surface area contributed by atoms with Crippen LogP contribution in [0.3, 0.4) is 0 Å². The third-order valence-electron chi connectivity index (χ3n) is 2.60. The molecule has 0 fully saturated rings. The summed E-state index contributed by atoms with van der Waals surface area (Å²) in [4.78, 5) is 21.3. The topological polar surface area (TPSA) is 98.3 Å². The molecule has 0 aliphatic carbocycles. The highest BCUT2D eigenvalue weighted by molar-refractivity contribution is 5.95. The maximum absolute atomic E-state index is 13.8. The van der Waals surface area contributed by atoms with Gasteiger partial charge in [-0.3, -0.25) is 14.9 Å². The molecule has 1 aromatic heterocycles. The zero-order valence-electron chi connectivity index (χ0n) is 10.7. The second kappa shape index (κ2) is 5.65. The molecule has 2 rings (SSSR count). The number of nitro groups is 1. The van der Waals surface area contributed by atoms with Crippen LogP contribution < -0.4 is 5.32 Å². The lowest BCUT2D eigenvalue weighted by Gasteiger charge is -2.05. The molecule has 1 heterocycles. The van der Waals surface area contributed by atoms with E-state index in [0.717, 1.165) is 0 Å². The number of aromatic nitrogens is 1. The molecule has 0 saturated heterocycles. The van der Waals surface area contributed by atoms with Gasteiger partial charge in [0.1, 0.15) is 22.8 Å². The van der Waals surface area contributed by atoms with E-state index in [4.69, 9.17) is 4.52 Å². The number of hydrogen-bond donors (Lipinski definition) is 1. The van der Waals surface area contributed by atoms with Crippen LogP contribution in [-0.4, -0.2) is 16.0 Å². The fourth-order valence-corrected chi connectivity index (χ4v) is 1.65. The Labute approximate surface area is 116 Å². The van der Waals surface area contributed by atoms with Crippen LogP contribution in [0.25, 0.3) is 0 Å². The Morgan fingerprint density at radius 1 is 1.48 bits per heavy atom. The minimum atomic E-state index is -1.52. The van der Waals surface area contributed by atoms with Crippen LogP contribution in [-0.2, 0) is 6.54 Å². The molecule has 1 amide bonds. The van der Waals surface area contributed by atoms with Crippen molar-refractivity contribution in [2.75, 3.05) is 0 Å². The van der Waals surface area contributed by atoms with Gasteiger partial charge in [0, 0.05) is 12.1 Å². The van der Waals surface area contributed by atoms with Crippen LogP contribution in [0, 0.1) is 28.7 Å². The number of nitrogens with zero attached hydrogens (tertiary/aromatic N) is 2. The Kier molecular flexibility index (Phi) is 3.92. The molecular weight excluding hydrogens is 288 g/mol. The van der Waals surface area contributed by atoms with Gasteiger partial charge in [-0.05, 0) is 13.0 Å². The van der Waals surface area contributed by atoms with E-state index >= 15 is 0 Å². The highest BCUT2D eigenvalue weighted by Gasteiger charge is 2.26. The first-order valence-corrected chi connectivity index (χ1v) is 5.73. The van der Waals surface area contributed by atoms with E-state index in [9.17, 15) is 23.7 Å². The van der Waals surface area contributed by atoms with E-state index in [0.29, 0.717) is 23.6 Å². The molecule has 1 N–H and O–H groups in total. The van der Waals surface area contributed by atoms with E-state index in [2.05, 4.69) is 10.5 Å². The Balaban J connectivity index is 2.22. The monoisotopic (exact) mass is 297 g/mol. The Morgan fingerprint density at radius 3 is 2.76 bits per heavy atom. The van der Waals surface area contributed by atoms with Crippen LogP contribution in [0.1, 0.15) is 21.8 Å². The number of halogens is 2. The minimum absolute atomic E-state index is 0.127. The number of benzene rings is 1. The molecular formula is C12H9F2N3O4. The largest absolute Gasteiger partial charge is 0.361 e. The number of rotatable bonds is 4. The SMILES string of the molecule is Cc1cc(CNC(=O)c2c(F)ccc([N+](=O)[O-])c2F)no1. The standard InChI is InChI=1S/C12H9F2N3O4/c1-6-4-7(16-21-6)5-15-12(18)10-8(13)2-3-9(11(10)14)17(19)20/h2-4H,5H2,1H3,(H,15,18). The number of nitro benzene ring substituents is 1. The lowest BCUT2D eigenvalue weighted by atomic mass is 10.1. The van der Waals surface area contributed by atoms with Crippen LogP contribution in [0.15, 0.2) is 22.7 Å². The average Bonchev–Trinajstić information content (AvgIpc) is 2.82. The van der Waals surface area contributed by atoms with Gasteiger partial charge in [-0.25, -0.2) is 4.39 Å². The molecule has 0 unspecified atom stereocenters. The van der Waals surface area contributed by atoms with Crippen molar-refractivity contribution < 1.29 is 23.0 Å². The first-order chi connectivity index (χ1) is 9.90. The molecule has 0 aliphatic heterocycles. The van der Waals surface area contributed by atoms with E-state index in [1.807, 2.05) is 0 Å². The fourth-order valence-electron chi connectivity index (χ4n) is 1.65. The number of aryl methyl sites for hydroxylation is 1. The van der Waals surface area contributed by atoms with Crippen molar-refractivity contribution in [3.05, 3.63) is 57.0 Å². The van der Waals surface area contributed by atoms with Gasteiger partial charge in [0.25, 0.3) is 5.91 Å². The van der Waals surface area contributed by atoms with Crippen LogP contribution in [0.2, 0.25) is 0 Å². The maximum atomic E-state index is 13.8. The highest BCUT2D eigenvalue weighted by Crippen LogP contribution is 2.23. The maximum Gasteiger partial charge on any atom is 0.305 e. The zero-order chi connectivity index (χ0) is 15.6. The lowest BCUT2D eigenvalue weighted by molar-refractivity contribution is -0.387. The van der Waals surface area contributed by atoms with Crippen molar-refractivity contribution >= 4 is 11.6 Å². The van der Waals surface area contributed by atoms with Crippen LogP contribution in [0.5, 0.6) is 0 Å². The number of carbonyl (C=O) groups is 1. The van der Waals surface area contributed by atoms with Crippen molar-refractivity contribution in [2.45, 2.75) is 13.5 Å². The first kappa shape index (κ1) is 14.6. The highest BCUT2D eigenvalue weighted by atomic mass is 19.1. The molecule has 2 aromatic rings. The van der Waals surface area contributed by atoms with Gasteiger partial charge < -0.3 is 9.84 Å². The summed E-state index contributed by atoms with van der Waals surface area (Å²) >= 11 is 0.